The quantitative estimate of drug-likeness (QED) is 0.579. The summed E-state index contributed by atoms with van der Waals surface area (Å²) in [5.41, 5.74) is 3.54. The summed E-state index contributed by atoms with van der Waals surface area (Å²) >= 11 is 6.02. The lowest BCUT2D eigenvalue weighted by Crippen LogP contribution is -2.19. The van der Waals surface area contributed by atoms with Crippen molar-refractivity contribution in [3.05, 3.63) is 101 Å². The highest BCUT2D eigenvalue weighted by atomic mass is 35.5. The molecule has 0 radical (unpaired) electrons. The molecule has 1 aliphatic heterocycles. The molecule has 2 nitrogen and oxygen atoms in total. The third kappa shape index (κ3) is 3.15. The van der Waals surface area contributed by atoms with Gasteiger partial charge in [0.05, 0.1) is 17.4 Å². The van der Waals surface area contributed by atoms with E-state index in [1.54, 1.807) is 17.1 Å². The molecule has 0 fully saturated rings. The van der Waals surface area contributed by atoms with Crippen molar-refractivity contribution in [1.29, 1.82) is 0 Å². The van der Waals surface area contributed by atoms with Gasteiger partial charge in [0.2, 0.25) is 0 Å². The van der Waals surface area contributed by atoms with Crippen LogP contribution in [0.3, 0.4) is 0 Å². The fourth-order valence-electron chi connectivity index (χ4n) is 3.12. The molecule has 1 unspecified atom stereocenters. The third-order valence-corrected chi connectivity index (χ3v) is 4.62. The summed E-state index contributed by atoms with van der Waals surface area (Å²) in [7, 11) is 0. The highest BCUT2D eigenvalue weighted by Gasteiger charge is 2.31. The molecule has 0 amide bonds. The molecule has 124 valence electrons. The SMILES string of the molecule is Fc1ccccc1N1N=C(c2ccccc2)CC1c1ccc(Cl)cc1. The van der Waals surface area contributed by atoms with Crippen LogP contribution in [0, 0.1) is 5.82 Å². The third-order valence-electron chi connectivity index (χ3n) is 4.37. The van der Waals surface area contributed by atoms with E-state index >= 15 is 0 Å². The van der Waals surface area contributed by atoms with Crippen LogP contribution in [-0.4, -0.2) is 5.71 Å². The van der Waals surface area contributed by atoms with Gasteiger partial charge in [-0.05, 0) is 35.4 Å². The molecule has 4 heteroatoms. The Morgan fingerprint density at radius 2 is 1.56 bits per heavy atom. The second-order valence-corrected chi connectivity index (χ2v) is 6.42. The Morgan fingerprint density at radius 3 is 2.28 bits per heavy atom. The minimum absolute atomic E-state index is 0.0654. The van der Waals surface area contributed by atoms with Crippen LogP contribution in [0.1, 0.15) is 23.6 Å². The molecular weight excluding hydrogens is 335 g/mol. The van der Waals surface area contributed by atoms with E-state index in [1.807, 2.05) is 60.7 Å². The Hall–Kier alpha value is -2.65. The van der Waals surface area contributed by atoms with Crippen LogP contribution in [0.15, 0.2) is 84.0 Å². The Balaban J connectivity index is 1.78. The summed E-state index contributed by atoms with van der Waals surface area (Å²) < 4.78 is 14.4. The number of para-hydroxylation sites is 1. The average molecular weight is 351 g/mol. The van der Waals surface area contributed by atoms with E-state index in [0.717, 1.165) is 16.8 Å². The summed E-state index contributed by atoms with van der Waals surface area (Å²) in [4.78, 5) is 0. The summed E-state index contributed by atoms with van der Waals surface area (Å²) in [6.07, 6.45) is 0.708. The molecule has 3 aromatic carbocycles. The van der Waals surface area contributed by atoms with Crippen LogP contribution in [0.2, 0.25) is 5.02 Å². The number of hydrogen-bond acceptors (Lipinski definition) is 2. The van der Waals surface area contributed by atoms with Gasteiger partial charge in [-0.2, -0.15) is 5.10 Å². The number of halogens is 2. The zero-order valence-corrected chi connectivity index (χ0v) is 14.2. The summed E-state index contributed by atoms with van der Waals surface area (Å²) in [6.45, 7) is 0. The largest absolute Gasteiger partial charge is 0.254 e. The van der Waals surface area contributed by atoms with Crippen molar-refractivity contribution in [2.45, 2.75) is 12.5 Å². The molecule has 25 heavy (non-hydrogen) atoms. The standard InChI is InChI=1S/C21H16ClFN2/c22-17-12-10-16(11-13-17)21-14-19(15-6-2-1-3-7-15)24-25(21)20-9-5-4-8-18(20)23/h1-13,21H,14H2. The van der Waals surface area contributed by atoms with E-state index in [2.05, 4.69) is 0 Å². The average Bonchev–Trinajstić information content (AvgIpc) is 3.09. The molecule has 0 saturated heterocycles. The molecule has 0 aliphatic carbocycles. The second-order valence-electron chi connectivity index (χ2n) is 5.98. The predicted octanol–water partition coefficient (Wildman–Crippen LogP) is 5.83. The summed E-state index contributed by atoms with van der Waals surface area (Å²) in [5, 5.41) is 7.21. The van der Waals surface area contributed by atoms with Crippen molar-refractivity contribution in [3.63, 3.8) is 0 Å². The van der Waals surface area contributed by atoms with E-state index < -0.39 is 0 Å². The molecule has 1 aliphatic rings. The van der Waals surface area contributed by atoms with Crippen molar-refractivity contribution in [3.8, 4) is 0 Å². The molecule has 0 aromatic heterocycles. The number of benzene rings is 3. The van der Waals surface area contributed by atoms with Gasteiger partial charge in [-0.25, -0.2) is 4.39 Å². The van der Waals surface area contributed by atoms with Crippen molar-refractivity contribution < 1.29 is 4.39 Å². The van der Waals surface area contributed by atoms with Gasteiger partial charge in [0, 0.05) is 11.4 Å². The monoisotopic (exact) mass is 350 g/mol. The van der Waals surface area contributed by atoms with E-state index in [-0.39, 0.29) is 11.9 Å². The minimum atomic E-state index is -0.278. The molecule has 0 saturated carbocycles. The van der Waals surface area contributed by atoms with Gasteiger partial charge in [-0.15, -0.1) is 0 Å². The second kappa shape index (κ2) is 6.69. The normalized spacial score (nSPS) is 16.8. The first-order valence-corrected chi connectivity index (χ1v) is 8.52. The van der Waals surface area contributed by atoms with Crippen molar-refractivity contribution in [1.82, 2.24) is 0 Å². The van der Waals surface area contributed by atoms with Gasteiger partial charge < -0.3 is 0 Å². The first-order valence-electron chi connectivity index (χ1n) is 8.14. The zero-order valence-electron chi connectivity index (χ0n) is 13.4. The predicted molar refractivity (Wildman–Crippen MR) is 101 cm³/mol. The fourth-order valence-corrected chi connectivity index (χ4v) is 3.25. The van der Waals surface area contributed by atoms with Crippen LogP contribution in [0.25, 0.3) is 0 Å². The van der Waals surface area contributed by atoms with E-state index in [1.165, 1.54) is 6.07 Å². The number of nitrogens with zero attached hydrogens (tertiary/aromatic N) is 2. The number of hydrazone groups is 1. The van der Waals surface area contributed by atoms with Crippen LogP contribution >= 0.6 is 11.6 Å². The number of hydrogen-bond donors (Lipinski definition) is 0. The molecule has 4 rings (SSSR count). The molecule has 1 atom stereocenters. The Bertz CT molecular complexity index is 907. The summed E-state index contributed by atoms with van der Waals surface area (Å²) in [6, 6.07) is 24.4. The molecule has 0 bridgehead atoms. The van der Waals surface area contributed by atoms with Crippen molar-refractivity contribution in [2.75, 3.05) is 5.01 Å². The Labute approximate surface area is 151 Å². The topological polar surface area (TPSA) is 15.6 Å². The maximum absolute atomic E-state index is 14.4. The maximum Gasteiger partial charge on any atom is 0.148 e. The van der Waals surface area contributed by atoms with Crippen molar-refractivity contribution >= 4 is 23.0 Å². The zero-order chi connectivity index (χ0) is 17.2. The molecule has 1 heterocycles. The van der Waals surface area contributed by atoms with Gasteiger partial charge in [0.1, 0.15) is 5.82 Å². The van der Waals surface area contributed by atoms with E-state index in [4.69, 9.17) is 16.7 Å². The van der Waals surface area contributed by atoms with Gasteiger partial charge in [-0.3, -0.25) is 5.01 Å². The van der Waals surface area contributed by atoms with Gasteiger partial charge in [-0.1, -0.05) is 66.2 Å². The van der Waals surface area contributed by atoms with Gasteiger partial charge >= 0.3 is 0 Å². The van der Waals surface area contributed by atoms with Crippen LogP contribution in [-0.2, 0) is 0 Å². The first-order chi connectivity index (χ1) is 12.2. The maximum atomic E-state index is 14.4. The smallest absolute Gasteiger partial charge is 0.148 e. The van der Waals surface area contributed by atoms with Gasteiger partial charge in [0.25, 0.3) is 0 Å². The highest BCUT2D eigenvalue weighted by molar-refractivity contribution is 6.30. The first kappa shape index (κ1) is 15.9. The lowest BCUT2D eigenvalue weighted by molar-refractivity contribution is 0.606. The lowest BCUT2D eigenvalue weighted by Gasteiger charge is -2.24. The fraction of sp³-hybridized carbons (Fsp3) is 0.0952. The van der Waals surface area contributed by atoms with E-state index in [9.17, 15) is 4.39 Å². The van der Waals surface area contributed by atoms with Crippen molar-refractivity contribution in [2.24, 2.45) is 5.10 Å². The lowest BCUT2D eigenvalue weighted by atomic mass is 9.98. The van der Waals surface area contributed by atoms with Gasteiger partial charge in [0.15, 0.2) is 0 Å². The summed E-state index contributed by atoms with van der Waals surface area (Å²) in [5.74, 6) is -0.278. The molecule has 0 spiro atoms. The molecule has 0 N–H and O–H groups in total. The minimum Gasteiger partial charge on any atom is -0.254 e. The van der Waals surface area contributed by atoms with Crippen LogP contribution < -0.4 is 5.01 Å². The molecule has 3 aromatic rings. The van der Waals surface area contributed by atoms with E-state index in [0.29, 0.717) is 17.1 Å². The Morgan fingerprint density at radius 1 is 0.880 bits per heavy atom. The number of anilines is 1. The highest BCUT2D eigenvalue weighted by Crippen LogP contribution is 2.37. The van der Waals surface area contributed by atoms with Crippen LogP contribution in [0.5, 0.6) is 0 Å². The molecular formula is C21H16ClFN2. The van der Waals surface area contributed by atoms with Crippen LogP contribution in [0.4, 0.5) is 10.1 Å². The Kier molecular flexibility index (Phi) is 4.24. The number of rotatable bonds is 3.